The predicted molar refractivity (Wildman–Crippen MR) is 119 cm³/mol. The summed E-state index contributed by atoms with van der Waals surface area (Å²) < 4.78 is 14.7. The SMILES string of the molecule is Cc1cc(-c2cc(-c3nc(-c4ccc(=O)n(C)c4)no3)c3cnn(C(C)C)c3n2)c(C)o1. The van der Waals surface area contributed by atoms with E-state index in [-0.39, 0.29) is 11.6 Å². The Kier molecular flexibility index (Phi) is 4.54. The van der Waals surface area contributed by atoms with E-state index in [4.69, 9.17) is 13.9 Å². The third-order valence-electron chi connectivity index (χ3n) is 5.37. The summed E-state index contributed by atoms with van der Waals surface area (Å²) in [4.78, 5) is 21.2. The molecule has 5 aromatic rings. The Bertz CT molecular complexity index is 1520. The van der Waals surface area contributed by atoms with E-state index in [1.807, 2.05) is 30.7 Å². The molecule has 0 saturated carbocycles. The molecule has 0 aliphatic rings. The number of pyridine rings is 2. The summed E-state index contributed by atoms with van der Waals surface area (Å²) in [7, 11) is 1.68. The van der Waals surface area contributed by atoms with E-state index < -0.39 is 0 Å². The van der Waals surface area contributed by atoms with E-state index in [0.29, 0.717) is 17.3 Å². The molecule has 5 heterocycles. The molecule has 9 nitrogen and oxygen atoms in total. The molecule has 0 amide bonds. The minimum atomic E-state index is -0.107. The zero-order chi connectivity index (χ0) is 22.6. The average molecular weight is 430 g/mol. The van der Waals surface area contributed by atoms with Crippen LogP contribution in [0.5, 0.6) is 0 Å². The van der Waals surface area contributed by atoms with Crippen LogP contribution in [0.25, 0.3) is 45.1 Å². The number of furan rings is 1. The van der Waals surface area contributed by atoms with Crippen molar-refractivity contribution in [3.63, 3.8) is 0 Å². The number of hydrogen-bond donors (Lipinski definition) is 0. The van der Waals surface area contributed by atoms with Gasteiger partial charge in [0.25, 0.3) is 5.89 Å². The summed E-state index contributed by atoms with van der Waals surface area (Å²) in [5, 5.41) is 9.49. The van der Waals surface area contributed by atoms with Crippen LogP contribution in [-0.4, -0.2) is 29.5 Å². The van der Waals surface area contributed by atoms with Crippen molar-refractivity contribution in [2.24, 2.45) is 7.05 Å². The first kappa shape index (κ1) is 19.9. The largest absolute Gasteiger partial charge is 0.466 e. The van der Waals surface area contributed by atoms with Gasteiger partial charge in [0.15, 0.2) is 5.65 Å². The molecule has 9 heteroatoms. The fourth-order valence-electron chi connectivity index (χ4n) is 3.77. The lowest BCUT2D eigenvalue weighted by atomic mass is 10.1. The van der Waals surface area contributed by atoms with Crippen LogP contribution in [0.1, 0.15) is 31.4 Å². The van der Waals surface area contributed by atoms with E-state index in [9.17, 15) is 4.79 Å². The average Bonchev–Trinajstić information content (AvgIpc) is 3.47. The maximum atomic E-state index is 11.7. The monoisotopic (exact) mass is 430 g/mol. The Morgan fingerprint density at radius 3 is 2.56 bits per heavy atom. The Labute approximate surface area is 183 Å². The number of rotatable bonds is 4. The summed E-state index contributed by atoms with van der Waals surface area (Å²) in [6, 6.07) is 7.17. The van der Waals surface area contributed by atoms with Crippen LogP contribution < -0.4 is 5.56 Å². The van der Waals surface area contributed by atoms with Gasteiger partial charge in [-0.15, -0.1) is 0 Å². The van der Waals surface area contributed by atoms with Crippen molar-refractivity contribution >= 4 is 11.0 Å². The molecule has 5 aromatic heterocycles. The maximum absolute atomic E-state index is 11.7. The molecule has 0 saturated heterocycles. The van der Waals surface area contributed by atoms with Crippen LogP contribution in [-0.2, 0) is 7.05 Å². The number of hydrogen-bond acceptors (Lipinski definition) is 7. The third-order valence-corrected chi connectivity index (χ3v) is 5.37. The molecule has 0 aromatic carbocycles. The Morgan fingerprint density at radius 2 is 1.88 bits per heavy atom. The minimum Gasteiger partial charge on any atom is -0.466 e. The summed E-state index contributed by atoms with van der Waals surface area (Å²) in [6.45, 7) is 7.93. The third kappa shape index (κ3) is 3.22. The zero-order valence-electron chi connectivity index (χ0n) is 18.4. The molecular formula is C23H22N6O3. The lowest BCUT2D eigenvalue weighted by molar-refractivity contribution is 0.432. The number of nitrogens with zero attached hydrogens (tertiary/aromatic N) is 6. The van der Waals surface area contributed by atoms with Gasteiger partial charge in [0.2, 0.25) is 11.4 Å². The fraction of sp³-hybridized carbons (Fsp3) is 0.261. The van der Waals surface area contributed by atoms with Gasteiger partial charge in [-0.3, -0.25) is 4.79 Å². The number of aryl methyl sites for hydroxylation is 3. The van der Waals surface area contributed by atoms with Crippen molar-refractivity contribution in [1.82, 2.24) is 29.5 Å². The molecule has 0 aliphatic heterocycles. The van der Waals surface area contributed by atoms with Gasteiger partial charge in [-0.2, -0.15) is 10.1 Å². The standard InChI is InChI=1S/C23H22N6O3/c1-12(2)29-22-18(10-24-29)17(9-19(25-22)16-8-13(3)31-14(16)4)23-26-21(27-32-23)15-6-7-20(30)28(5)11-15/h6-12H,1-5H3. The minimum absolute atomic E-state index is 0.107. The van der Waals surface area contributed by atoms with Crippen LogP contribution >= 0.6 is 0 Å². The first-order valence-electron chi connectivity index (χ1n) is 10.3. The van der Waals surface area contributed by atoms with E-state index in [1.54, 1.807) is 25.5 Å². The molecule has 0 spiro atoms. The van der Waals surface area contributed by atoms with Crippen LogP contribution in [0.2, 0.25) is 0 Å². The molecule has 0 radical (unpaired) electrons. The van der Waals surface area contributed by atoms with E-state index in [1.165, 1.54) is 10.6 Å². The highest BCUT2D eigenvalue weighted by molar-refractivity contribution is 5.93. The molecule has 0 bridgehead atoms. The maximum Gasteiger partial charge on any atom is 0.259 e. The summed E-state index contributed by atoms with van der Waals surface area (Å²) >= 11 is 0. The molecule has 32 heavy (non-hydrogen) atoms. The van der Waals surface area contributed by atoms with Gasteiger partial charge in [-0.1, -0.05) is 5.16 Å². The van der Waals surface area contributed by atoms with Crippen molar-refractivity contribution in [3.05, 3.63) is 58.5 Å². The summed E-state index contributed by atoms with van der Waals surface area (Å²) in [6.07, 6.45) is 3.45. The van der Waals surface area contributed by atoms with E-state index in [0.717, 1.165) is 39.4 Å². The van der Waals surface area contributed by atoms with Crippen molar-refractivity contribution in [2.45, 2.75) is 33.7 Å². The topological polar surface area (TPSA) is 105 Å². The summed E-state index contributed by atoms with van der Waals surface area (Å²) in [5.74, 6) is 2.35. The van der Waals surface area contributed by atoms with Gasteiger partial charge < -0.3 is 13.5 Å². The lowest BCUT2D eigenvalue weighted by Gasteiger charge is -2.09. The smallest absolute Gasteiger partial charge is 0.259 e. The van der Waals surface area contributed by atoms with Gasteiger partial charge in [0, 0.05) is 36.5 Å². The van der Waals surface area contributed by atoms with Crippen molar-refractivity contribution in [2.75, 3.05) is 0 Å². The van der Waals surface area contributed by atoms with Crippen LogP contribution in [0.4, 0.5) is 0 Å². The predicted octanol–water partition coefficient (Wildman–Crippen LogP) is 4.30. The molecule has 5 rings (SSSR count). The molecule has 0 atom stereocenters. The highest BCUT2D eigenvalue weighted by Crippen LogP contribution is 2.34. The first-order valence-corrected chi connectivity index (χ1v) is 10.3. The molecule has 0 N–H and O–H groups in total. The Balaban J connectivity index is 1.71. The van der Waals surface area contributed by atoms with Gasteiger partial charge in [0.1, 0.15) is 11.5 Å². The molecule has 0 aliphatic carbocycles. The molecule has 0 fully saturated rings. The highest BCUT2D eigenvalue weighted by atomic mass is 16.5. The van der Waals surface area contributed by atoms with E-state index >= 15 is 0 Å². The van der Waals surface area contributed by atoms with Crippen molar-refractivity contribution < 1.29 is 8.94 Å². The second kappa shape index (κ2) is 7.30. The van der Waals surface area contributed by atoms with Crippen molar-refractivity contribution in [1.29, 1.82) is 0 Å². The van der Waals surface area contributed by atoms with Gasteiger partial charge in [-0.25, -0.2) is 9.67 Å². The fourth-order valence-corrected chi connectivity index (χ4v) is 3.77. The second-order valence-corrected chi connectivity index (χ2v) is 8.09. The Hall–Kier alpha value is -4.01. The molecule has 162 valence electrons. The quantitative estimate of drug-likeness (QED) is 0.418. The van der Waals surface area contributed by atoms with Crippen LogP contribution in [0, 0.1) is 13.8 Å². The van der Waals surface area contributed by atoms with E-state index in [2.05, 4.69) is 29.1 Å². The second-order valence-electron chi connectivity index (χ2n) is 8.09. The zero-order valence-corrected chi connectivity index (χ0v) is 18.4. The Morgan fingerprint density at radius 1 is 1.06 bits per heavy atom. The number of aromatic nitrogens is 6. The number of fused-ring (bicyclic) bond motifs is 1. The van der Waals surface area contributed by atoms with Crippen molar-refractivity contribution in [3.8, 4) is 34.1 Å². The van der Waals surface area contributed by atoms with Gasteiger partial charge in [-0.05, 0) is 45.9 Å². The molecule has 0 unspecified atom stereocenters. The van der Waals surface area contributed by atoms with Gasteiger partial charge >= 0.3 is 0 Å². The van der Waals surface area contributed by atoms with Gasteiger partial charge in [0.05, 0.1) is 22.8 Å². The lowest BCUT2D eigenvalue weighted by Crippen LogP contribution is -2.14. The van der Waals surface area contributed by atoms with Crippen LogP contribution in [0.15, 0.2) is 50.4 Å². The van der Waals surface area contributed by atoms with Crippen LogP contribution in [0.3, 0.4) is 0 Å². The molecular weight excluding hydrogens is 408 g/mol. The summed E-state index contributed by atoms with van der Waals surface area (Å²) in [5.41, 5.74) is 3.69. The normalized spacial score (nSPS) is 11.7. The highest BCUT2D eigenvalue weighted by Gasteiger charge is 2.21. The first-order chi connectivity index (χ1) is 15.3.